The van der Waals surface area contributed by atoms with Crippen molar-refractivity contribution in [1.29, 1.82) is 0 Å². The van der Waals surface area contributed by atoms with Crippen molar-refractivity contribution >= 4 is 22.8 Å². The number of nitrogens with one attached hydrogen (secondary N) is 1. The summed E-state index contributed by atoms with van der Waals surface area (Å²) in [4.78, 5) is 15.5. The fraction of sp³-hybridized carbons (Fsp3) is 0.308. The molecule has 2 heterocycles. The molecule has 19 heavy (non-hydrogen) atoms. The number of nitrogens with zero attached hydrogens (tertiary/aromatic N) is 2. The number of hydrogen-bond donors (Lipinski definition) is 1. The second kappa shape index (κ2) is 5.79. The summed E-state index contributed by atoms with van der Waals surface area (Å²) in [5.41, 5.74) is 0.458. The number of thiophene rings is 1. The third kappa shape index (κ3) is 3.08. The molecule has 0 aliphatic carbocycles. The van der Waals surface area contributed by atoms with Gasteiger partial charge < -0.3 is 15.4 Å². The van der Waals surface area contributed by atoms with E-state index in [1.165, 1.54) is 6.20 Å². The van der Waals surface area contributed by atoms with Gasteiger partial charge in [-0.2, -0.15) is 0 Å². The number of anilines is 1. The highest BCUT2D eigenvalue weighted by Gasteiger charge is 2.21. The molecular formula is C13H15N3O2S. The Labute approximate surface area is 115 Å². The second-order valence-corrected chi connectivity index (χ2v) is 5.49. The Morgan fingerprint density at radius 3 is 2.74 bits per heavy atom. The molecular weight excluding hydrogens is 262 g/mol. The summed E-state index contributed by atoms with van der Waals surface area (Å²) in [5.74, 6) is 0.183. The number of hydrogen-bond acceptors (Lipinski definition) is 5. The lowest BCUT2D eigenvalue weighted by Gasteiger charge is -2.22. The maximum Gasteiger partial charge on any atom is 0.386 e. The van der Waals surface area contributed by atoms with Gasteiger partial charge in [0, 0.05) is 4.88 Å². The van der Waals surface area contributed by atoms with E-state index >= 15 is 0 Å². The zero-order valence-electron chi connectivity index (χ0n) is 10.7. The van der Waals surface area contributed by atoms with E-state index in [-0.39, 0.29) is 11.9 Å². The van der Waals surface area contributed by atoms with E-state index in [1.54, 1.807) is 23.5 Å². The number of rotatable bonds is 5. The van der Waals surface area contributed by atoms with Gasteiger partial charge >= 0.3 is 5.82 Å². The molecule has 6 heteroatoms. The van der Waals surface area contributed by atoms with Gasteiger partial charge in [0.25, 0.3) is 0 Å². The summed E-state index contributed by atoms with van der Waals surface area (Å²) < 4.78 is 0. The highest BCUT2D eigenvalue weighted by molar-refractivity contribution is 7.10. The highest BCUT2D eigenvalue weighted by Crippen LogP contribution is 2.32. The Morgan fingerprint density at radius 2 is 2.16 bits per heavy atom. The first-order valence-electron chi connectivity index (χ1n) is 5.99. The van der Waals surface area contributed by atoms with E-state index in [0.29, 0.717) is 11.6 Å². The number of aromatic nitrogens is 1. The Balaban J connectivity index is 2.30. The fourth-order valence-corrected chi connectivity index (χ4v) is 2.81. The van der Waals surface area contributed by atoms with Crippen molar-refractivity contribution in [2.24, 2.45) is 5.92 Å². The van der Waals surface area contributed by atoms with Crippen LogP contribution in [-0.2, 0) is 0 Å². The molecule has 0 aromatic carbocycles. The molecule has 1 N–H and O–H groups in total. The molecule has 0 bridgehead atoms. The maximum atomic E-state index is 11.0. The first kappa shape index (κ1) is 13.5. The van der Waals surface area contributed by atoms with E-state index in [2.05, 4.69) is 24.1 Å². The normalized spacial score (nSPS) is 12.4. The van der Waals surface area contributed by atoms with Gasteiger partial charge in [0.1, 0.15) is 11.9 Å². The maximum absolute atomic E-state index is 11.0. The van der Waals surface area contributed by atoms with Crippen molar-refractivity contribution < 1.29 is 4.92 Å². The molecule has 0 saturated carbocycles. The van der Waals surface area contributed by atoms with Crippen molar-refractivity contribution in [3.63, 3.8) is 0 Å². The molecule has 1 atom stereocenters. The van der Waals surface area contributed by atoms with Crippen molar-refractivity contribution in [1.82, 2.24) is 4.98 Å². The number of nitro groups is 1. The molecule has 0 radical (unpaired) electrons. The summed E-state index contributed by atoms with van der Waals surface area (Å²) in [5, 5.41) is 16.2. The van der Waals surface area contributed by atoms with Crippen LogP contribution in [0.15, 0.2) is 35.8 Å². The third-order valence-electron chi connectivity index (χ3n) is 2.79. The van der Waals surface area contributed by atoms with Gasteiger partial charge in [-0.3, -0.25) is 0 Å². The Morgan fingerprint density at radius 1 is 1.37 bits per heavy atom. The van der Waals surface area contributed by atoms with E-state index in [4.69, 9.17) is 0 Å². The first-order valence-corrected chi connectivity index (χ1v) is 6.87. The van der Waals surface area contributed by atoms with E-state index in [9.17, 15) is 10.1 Å². The molecule has 0 amide bonds. The molecule has 100 valence electrons. The molecule has 2 aromatic rings. The standard InChI is InChI=1S/C13H15N3O2S/c1-9(2)12(11-6-4-8-19-11)15-10-5-3-7-14-13(10)16(17)18/h3-9,12,15H,1-2H3. The van der Waals surface area contributed by atoms with Crippen molar-refractivity contribution in [3.8, 4) is 0 Å². The van der Waals surface area contributed by atoms with Crippen LogP contribution >= 0.6 is 11.3 Å². The molecule has 0 aliphatic heterocycles. The van der Waals surface area contributed by atoms with Gasteiger partial charge in [-0.05, 0) is 39.4 Å². The minimum absolute atomic E-state index is 0.0444. The summed E-state index contributed by atoms with van der Waals surface area (Å²) in [6, 6.07) is 7.44. The monoisotopic (exact) mass is 277 g/mol. The zero-order chi connectivity index (χ0) is 13.8. The molecule has 0 spiro atoms. The number of pyridine rings is 1. The zero-order valence-corrected chi connectivity index (χ0v) is 11.6. The van der Waals surface area contributed by atoms with Crippen molar-refractivity contribution in [2.75, 3.05) is 5.32 Å². The van der Waals surface area contributed by atoms with Crippen molar-refractivity contribution in [3.05, 3.63) is 50.8 Å². The second-order valence-electron chi connectivity index (χ2n) is 4.51. The SMILES string of the molecule is CC(C)C(Nc1cccnc1[N+](=O)[O-])c1cccs1. The topological polar surface area (TPSA) is 68.1 Å². The van der Waals surface area contributed by atoms with Crippen LogP contribution < -0.4 is 5.32 Å². The first-order chi connectivity index (χ1) is 9.09. The highest BCUT2D eigenvalue weighted by atomic mass is 32.1. The van der Waals surface area contributed by atoms with Crippen LogP contribution in [0.25, 0.3) is 0 Å². The minimum Gasteiger partial charge on any atom is -0.370 e. The van der Waals surface area contributed by atoms with Gasteiger partial charge in [-0.15, -0.1) is 11.3 Å². The Hall–Kier alpha value is -1.95. The molecule has 0 fully saturated rings. The summed E-state index contributed by atoms with van der Waals surface area (Å²) in [6.45, 7) is 4.17. The van der Waals surface area contributed by atoms with Gasteiger partial charge in [-0.1, -0.05) is 19.9 Å². The van der Waals surface area contributed by atoms with Crippen LogP contribution in [0, 0.1) is 16.0 Å². The Kier molecular flexibility index (Phi) is 4.11. The molecule has 0 saturated heterocycles. The Bertz CT molecular complexity index is 555. The smallest absolute Gasteiger partial charge is 0.370 e. The average Bonchev–Trinajstić information content (AvgIpc) is 2.89. The fourth-order valence-electron chi connectivity index (χ4n) is 1.86. The van der Waals surface area contributed by atoms with Crippen LogP contribution in [-0.4, -0.2) is 9.91 Å². The van der Waals surface area contributed by atoms with Crippen LogP contribution in [0.1, 0.15) is 24.8 Å². The molecule has 2 aromatic heterocycles. The lowest BCUT2D eigenvalue weighted by atomic mass is 10.0. The third-order valence-corrected chi connectivity index (χ3v) is 3.74. The van der Waals surface area contributed by atoms with Crippen LogP contribution in [0.3, 0.4) is 0 Å². The molecule has 5 nitrogen and oxygen atoms in total. The van der Waals surface area contributed by atoms with Gasteiger partial charge in [0.15, 0.2) is 0 Å². The van der Waals surface area contributed by atoms with Gasteiger partial charge in [0.05, 0.1) is 6.04 Å². The predicted molar refractivity (Wildman–Crippen MR) is 76.4 cm³/mol. The molecule has 1 unspecified atom stereocenters. The van der Waals surface area contributed by atoms with E-state index in [1.807, 2.05) is 17.5 Å². The lowest BCUT2D eigenvalue weighted by Crippen LogP contribution is -2.16. The van der Waals surface area contributed by atoms with E-state index < -0.39 is 4.92 Å². The predicted octanol–water partition coefficient (Wildman–Crippen LogP) is 3.86. The minimum atomic E-state index is -0.464. The quantitative estimate of drug-likeness (QED) is 0.665. The largest absolute Gasteiger partial charge is 0.386 e. The summed E-state index contributed by atoms with van der Waals surface area (Å²) in [7, 11) is 0. The molecule has 2 rings (SSSR count). The van der Waals surface area contributed by atoms with Crippen LogP contribution in [0.2, 0.25) is 0 Å². The van der Waals surface area contributed by atoms with Gasteiger partial charge in [-0.25, -0.2) is 0 Å². The van der Waals surface area contributed by atoms with E-state index in [0.717, 1.165) is 4.88 Å². The van der Waals surface area contributed by atoms with Crippen LogP contribution in [0.5, 0.6) is 0 Å². The molecule has 0 aliphatic rings. The van der Waals surface area contributed by atoms with Crippen LogP contribution in [0.4, 0.5) is 11.5 Å². The average molecular weight is 277 g/mol. The summed E-state index contributed by atoms with van der Waals surface area (Å²) in [6.07, 6.45) is 1.43. The summed E-state index contributed by atoms with van der Waals surface area (Å²) >= 11 is 1.64. The van der Waals surface area contributed by atoms with Gasteiger partial charge in [0.2, 0.25) is 0 Å². The lowest BCUT2D eigenvalue weighted by molar-refractivity contribution is -0.388. The van der Waals surface area contributed by atoms with Crippen molar-refractivity contribution in [2.45, 2.75) is 19.9 Å².